The van der Waals surface area contributed by atoms with Crippen molar-refractivity contribution in [3.63, 3.8) is 0 Å². The van der Waals surface area contributed by atoms with E-state index in [9.17, 15) is 19.2 Å². The molecule has 3 aromatic rings. The maximum Gasteiger partial charge on any atom is 0.324 e. The Labute approximate surface area is 396 Å². The van der Waals surface area contributed by atoms with Gasteiger partial charge < -0.3 is 29.0 Å². The Morgan fingerprint density at radius 2 is 1.90 bits per heavy atom. The highest BCUT2D eigenvalue weighted by Gasteiger charge is 2.38. The number of rotatable bonds is 11. The minimum Gasteiger partial charge on any atom is -0.464 e. The smallest absolute Gasteiger partial charge is 0.324 e. The first-order chi connectivity index (χ1) is 31.9. The Hall–Kier alpha value is -5.11. The summed E-state index contributed by atoms with van der Waals surface area (Å²) in [5.41, 5.74) is 9.78. The highest BCUT2D eigenvalue weighted by molar-refractivity contribution is 5.95. The molecule has 2 aromatic heterocycles. The quantitative estimate of drug-likeness (QED) is 0.200. The molecule has 2 unspecified atom stereocenters. The van der Waals surface area contributed by atoms with Gasteiger partial charge in [-0.1, -0.05) is 45.8 Å². The molecule has 2 N–H and O–H groups in total. The van der Waals surface area contributed by atoms with Crippen LogP contribution >= 0.6 is 0 Å². The third kappa shape index (κ3) is 11.4. The third-order valence-electron chi connectivity index (χ3n) is 13.9. The fourth-order valence-corrected chi connectivity index (χ4v) is 9.35. The van der Waals surface area contributed by atoms with E-state index in [1.807, 2.05) is 52.8 Å². The minimum atomic E-state index is -0.911. The Morgan fingerprint density at radius 1 is 1.12 bits per heavy atom. The van der Waals surface area contributed by atoms with Gasteiger partial charge in [0.25, 0.3) is 11.8 Å². The van der Waals surface area contributed by atoms with Crippen LogP contribution in [0.3, 0.4) is 0 Å². The molecule has 15 nitrogen and oxygen atoms in total. The zero-order chi connectivity index (χ0) is 48.2. The standard InChI is InChI=1S/C52H72N8O7/c1-11-59-45-19-18-35-25-39(45)40(47(59)38-16-12-22-53-44(38)32-65-10)26-51(4,5)33-67-50(64)42-17-14-24-60(55-42)49(63)43(30-57-23-13-15-36(35)27-57)54-48(62)41(34(2)3)31-66-37-28-58(29-37)46(61)20-21-52(6,7)56(8)9/h12,15-16,18-19,22,25,34,37,41-43,55H,11,13-14,17,23-24,26-33H2,1-10H3,(H,54,62)/t41?,42-,43-/m0/s1. The molecule has 15 heteroatoms. The SMILES string of the molecule is CCn1c(-c2cccnc2COC)c2c3cc(ccc31)C1=CCCN(C1)C[C@H](NC(=O)C(COC1CN(C(=O)C#CC(C)(C)N(C)C)C1)C(C)C)C(=O)N1CCC[C@H](N1)C(=O)OCC(C)(C)C2. The van der Waals surface area contributed by atoms with Gasteiger partial charge in [0.15, 0.2) is 0 Å². The molecule has 0 radical (unpaired) electrons. The van der Waals surface area contributed by atoms with Crippen LogP contribution in [0.2, 0.25) is 0 Å². The first kappa shape index (κ1) is 49.8. The van der Waals surface area contributed by atoms with E-state index in [1.54, 1.807) is 18.2 Å². The van der Waals surface area contributed by atoms with E-state index in [2.05, 4.69) is 83.2 Å². The summed E-state index contributed by atoms with van der Waals surface area (Å²) < 4.78 is 20.4. The molecule has 362 valence electrons. The van der Waals surface area contributed by atoms with Gasteiger partial charge in [-0.2, -0.15) is 0 Å². The summed E-state index contributed by atoms with van der Waals surface area (Å²) in [7, 11) is 5.54. The van der Waals surface area contributed by atoms with Gasteiger partial charge in [-0.25, -0.2) is 5.43 Å². The van der Waals surface area contributed by atoms with E-state index in [0.29, 0.717) is 58.6 Å². The van der Waals surface area contributed by atoms with Crippen LogP contribution in [-0.2, 0) is 53.0 Å². The summed E-state index contributed by atoms with van der Waals surface area (Å²) in [6, 6.07) is 9.14. The van der Waals surface area contributed by atoms with Crippen molar-refractivity contribution in [1.82, 2.24) is 40.0 Å². The molecule has 0 spiro atoms. The van der Waals surface area contributed by atoms with E-state index in [-0.39, 0.29) is 49.5 Å². The van der Waals surface area contributed by atoms with E-state index in [1.165, 1.54) is 5.01 Å². The number of amides is 3. The number of carbonyl (C=O) groups excluding carboxylic acids is 4. The van der Waals surface area contributed by atoms with Crippen LogP contribution in [0.1, 0.15) is 84.5 Å². The predicted molar refractivity (Wildman–Crippen MR) is 259 cm³/mol. The summed E-state index contributed by atoms with van der Waals surface area (Å²) in [6.45, 7) is 18.4. The lowest BCUT2D eigenvalue weighted by Crippen LogP contribution is -2.62. The van der Waals surface area contributed by atoms with E-state index < -0.39 is 34.9 Å². The number of fused-ring (bicyclic) bond motifs is 6. The second-order valence-electron chi connectivity index (χ2n) is 20.5. The number of aryl methyl sites for hydroxylation is 1. The molecular formula is C52H72N8O7. The Kier molecular flexibility index (Phi) is 15.6. The summed E-state index contributed by atoms with van der Waals surface area (Å²) in [6.07, 6.45) is 6.39. The largest absolute Gasteiger partial charge is 0.464 e. The zero-order valence-corrected chi connectivity index (χ0v) is 41.4. The molecule has 2 saturated heterocycles. The van der Waals surface area contributed by atoms with Gasteiger partial charge in [0, 0.05) is 81.0 Å². The van der Waals surface area contributed by atoms with Crippen molar-refractivity contribution in [2.45, 2.75) is 111 Å². The van der Waals surface area contributed by atoms with E-state index in [4.69, 9.17) is 19.2 Å². The predicted octanol–water partition coefficient (Wildman–Crippen LogP) is 4.91. The lowest BCUT2D eigenvalue weighted by Gasteiger charge is -2.39. The summed E-state index contributed by atoms with van der Waals surface area (Å²) in [5, 5.41) is 5.79. The molecule has 4 aliphatic heterocycles. The highest BCUT2D eigenvalue weighted by Crippen LogP contribution is 2.41. The molecule has 4 aliphatic rings. The van der Waals surface area contributed by atoms with Crippen molar-refractivity contribution in [1.29, 1.82) is 0 Å². The molecule has 2 fully saturated rings. The number of nitrogens with zero attached hydrogens (tertiary/aromatic N) is 6. The molecule has 6 bridgehead atoms. The van der Waals surface area contributed by atoms with Gasteiger partial charge in [-0.05, 0) is 113 Å². The number of hydrogen-bond acceptors (Lipinski definition) is 11. The molecular weight excluding hydrogens is 849 g/mol. The van der Waals surface area contributed by atoms with Crippen LogP contribution in [0.25, 0.3) is 27.7 Å². The van der Waals surface area contributed by atoms with Crippen molar-refractivity contribution in [3.05, 3.63) is 59.4 Å². The Balaban J connectivity index is 1.16. The van der Waals surface area contributed by atoms with Gasteiger partial charge in [0.1, 0.15) is 12.1 Å². The number of aromatic nitrogens is 2. The normalized spacial score (nSPS) is 22.1. The van der Waals surface area contributed by atoms with Crippen molar-refractivity contribution in [3.8, 4) is 23.1 Å². The second kappa shape index (κ2) is 21.0. The van der Waals surface area contributed by atoms with Crippen molar-refractivity contribution >= 4 is 40.2 Å². The topological polar surface area (TPSA) is 151 Å². The van der Waals surface area contributed by atoms with Crippen LogP contribution in [0.5, 0.6) is 0 Å². The van der Waals surface area contributed by atoms with E-state index in [0.717, 1.165) is 57.5 Å². The van der Waals surface area contributed by atoms with Gasteiger partial charge >= 0.3 is 5.97 Å². The van der Waals surface area contributed by atoms with Gasteiger partial charge in [-0.3, -0.25) is 39.0 Å². The number of hydrazine groups is 1. The average Bonchev–Trinajstić information content (AvgIpc) is 3.58. The van der Waals surface area contributed by atoms with Crippen LogP contribution in [0, 0.1) is 29.1 Å². The maximum atomic E-state index is 14.7. The van der Waals surface area contributed by atoms with Crippen LogP contribution in [0.4, 0.5) is 0 Å². The highest BCUT2D eigenvalue weighted by atomic mass is 16.5. The average molecular weight is 921 g/mol. The molecule has 0 aliphatic carbocycles. The molecule has 3 amide bonds. The number of methoxy groups -OCH3 is 1. The fraction of sp³-hybridized carbons (Fsp3) is 0.596. The lowest BCUT2D eigenvalue weighted by molar-refractivity contribution is -0.156. The number of hydrogen-bond donors (Lipinski definition) is 2. The number of likely N-dealkylation sites (tertiary alicyclic amines) is 1. The number of esters is 1. The lowest BCUT2D eigenvalue weighted by atomic mass is 9.84. The number of nitrogens with one attached hydrogen (secondary N) is 2. The number of cyclic esters (lactones) is 1. The maximum absolute atomic E-state index is 14.7. The summed E-state index contributed by atoms with van der Waals surface area (Å²) in [4.78, 5) is 66.3. The molecule has 1 aromatic carbocycles. The van der Waals surface area contributed by atoms with Crippen molar-refractivity contribution in [2.75, 3.05) is 73.7 Å². The van der Waals surface area contributed by atoms with Gasteiger partial charge in [-0.15, -0.1) is 0 Å². The first-order valence-electron chi connectivity index (χ1n) is 24.0. The fourth-order valence-electron chi connectivity index (χ4n) is 9.35. The molecule has 6 heterocycles. The van der Waals surface area contributed by atoms with Crippen LogP contribution in [-0.4, -0.2) is 150 Å². The molecule has 7 rings (SSSR count). The van der Waals surface area contributed by atoms with Crippen molar-refractivity contribution in [2.24, 2.45) is 17.3 Å². The third-order valence-corrected chi connectivity index (χ3v) is 13.9. The number of carbonyl (C=O) groups is 4. The monoisotopic (exact) mass is 921 g/mol. The van der Waals surface area contributed by atoms with E-state index >= 15 is 0 Å². The summed E-state index contributed by atoms with van der Waals surface area (Å²) >= 11 is 0. The second-order valence-corrected chi connectivity index (χ2v) is 20.5. The summed E-state index contributed by atoms with van der Waals surface area (Å²) in [5.74, 6) is 3.94. The molecule has 67 heavy (non-hydrogen) atoms. The Bertz CT molecular complexity index is 2400. The molecule has 0 saturated carbocycles. The number of ether oxygens (including phenoxy) is 3. The number of benzene rings is 1. The Morgan fingerprint density at radius 3 is 2.61 bits per heavy atom. The number of pyridine rings is 1. The zero-order valence-electron chi connectivity index (χ0n) is 41.4. The molecule has 4 atom stereocenters. The van der Waals surface area contributed by atoms with Gasteiger partial charge in [0.2, 0.25) is 5.91 Å². The van der Waals surface area contributed by atoms with Gasteiger partial charge in [0.05, 0.1) is 48.8 Å². The minimum absolute atomic E-state index is 0.0973. The first-order valence-corrected chi connectivity index (χ1v) is 24.0. The van der Waals surface area contributed by atoms with Crippen molar-refractivity contribution < 1.29 is 33.4 Å². The van der Waals surface area contributed by atoms with Crippen LogP contribution in [0.15, 0.2) is 42.6 Å². The van der Waals surface area contributed by atoms with Crippen LogP contribution < -0.4 is 10.7 Å².